The van der Waals surface area contributed by atoms with E-state index in [1.165, 1.54) is 0 Å². The van der Waals surface area contributed by atoms with E-state index in [1.807, 2.05) is 6.07 Å². The Morgan fingerprint density at radius 2 is 1.90 bits per heavy atom. The standard InChI is InChI=1S/C14H22N4O2/c1-3-15-14(16-4-1)18-5-2-8-20-13(12-18)11-17-6-9-19-10-7-17/h1,3-4,13H,2,5-12H2/t13-/m0/s1. The highest BCUT2D eigenvalue weighted by Gasteiger charge is 2.23. The van der Waals surface area contributed by atoms with Crippen LogP contribution in [0.1, 0.15) is 6.42 Å². The zero-order chi connectivity index (χ0) is 13.6. The van der Waals surface area contributed by atoms with Gasteiger partial charge in [-0.1, -0.05) is 0 Å². The molecule has 0 N–H and O–H groups in total. The first-order valence-corrected chi connectivity index (χ1v) is 7.35. The maximum atomic E-state index is 5.98. The van der Waals surface area contributed by atoms with E-state index in [0.29, 0.717) is 0 Å². The molecule has 0 amide bonds. The first kappa shape index (κ1) is 13.7. The molecular weight excluding hydrogens is 256 g/mol. The number of anilines is 1. The molecule has 0 unspecified atom stereocenters. The maximum absolute atomic E-state index is 5.98. The van der Waals surface area contributed by atoms with Crippen molar-refractivity contribution in [3.05, 3.63) is 18.5 Å². The van der Waals surface area contributed by atoms with Crippen LogP contribution >= 0.6 is 0 Å². The molecule has 6 heteroatoms. The van der Waals surface area contributed by atoms with Gasteiger partial charge in [-0.2, -0.15) is 0 Å². The van der Waals surface area contributed by atoms with Gasteiger partial charge in [0.2, 0.25) is 5.95 Å². The van der Waals surface area contributed by atoms with Gasteiger partial charge in [0.05, 0.1) is 19.3 Å². The summed E-state index contributed by atoms with van der Waals surface area (Å²) in [4.78, 5) is 13.4. The molecule has 3 heterocycles. The lowest BCUT2D eigenvalue weighted by Crippen LogP contribution is -2.45. The smallest absolute Gasteiger partial charge is 0.225 e. The molecule has 1 atom stereocenters. The Hall–Kier alpha value is -1.24. The highest BCUT2D eigenvalue weighted by molar-refractivity contribution is 5.28. The van der Waals surface area contributed by atoms with Crippen molar-refractivity contribution in [2.75, 3.05) is 57.4 Å². The Bertz CT molecular complexity index is 397. The summed E-state index contributed by atoms with van der Waals surface area (Å²) in [6.07, 6.45) is 4.84. The monoisotopic (exact) mass is 278 g/mol. The van der Waals surface area contributed by atoms with Gasteiger partial charge in [0.15, 0.2) is 0 Å². The number of hydrogen-bond acceptors (Lipinski definition) is 6. The lowest BCUT2D eigenvalue weighted by molar-refractivity contribution is -0.00511. The van der Waals surface area contributed by atoms with Crippen LogP contribution in [-0.4, -0.2) is 73.5 Å². The van der Waals surface area contributed by atoms with Crippen LogP contribution in [0.15, 0.2) is 18.5 Å². The lowest BCUT2D eigenvalue weighted by Gasteiger charge is -2.31. The van der Waals surface area contributed by atoms with Gasteiger partial charge >= 0.3 is 0 Å². The fourth-order valence-corrected chi connectivity index (χ4v) is 2.71. The minimum atomic E-state index is 0.222. The molecule has 2 fully saturated rings. The Balaban J connectivity index is 1.60. The van der Waals surface area contributed by atoms with Gasteiger partial charge in [0.25, 0.3) is 0 Å². The molecule has 0 aliphatic carbocycles. The van der Waals surface area contributed by atoms with Crippen molar-refractivity contribution in [2.24, 2.45) is 0 Å². The van der Waals surface area contributed by atoms with Gasteiger partial charge in [0.1, 0.15) is 0 Å². The van der Waals surface area contributed by atoms with E-state index in [0.717, 1.165) is 64.9 Å². The molecule has 2 aliphatic heterocycles. The summed E-state index contributed by atoms with van der Waals surface area (Å²) in [5.41, 5.74) is 0. The first-order chi connectivity index (χ1) is 9.92. The van der Waals surface area contributed by atoms with Crippen molar-refractivity contribution in [3.63, 3.8) is 0 Å². The van der Waals surface area contributed by atoms with Crippen molar-refractivity contribution < 1.29 is 9.47 Å². The fourth-order valence-electron chi connectivity index (χ4n) is 2.71. The molecule has 0 spiro atoms. The van der Waals surface area contributed by atoms with Gasteiger partial charge in [-0.3, -0.25) is 4.90 Å². The van der Waals surface area contributed by atoms with E-state index in [1.54, 1.807) is 12.4 Å². The quantitative estimate of drug-likeness (QED) is 0.798. The molecule has 1 aromatic heterocycles. The number of hydrogen-bond donors (Lipinski definition) is 0. The number of ether oxygens (including phenoxy) is 2. The number of rotatable bonds is 3. The third-order valence-electron chi connectivity index (χ3n) is 3.75. The van der Waals surface area contributed by atoms with Crippen LogP contribution in [0.25, 0.3) is 0 Å². The van der Waals surface area contributed by atoms with E-state index in [2.05, 4.69) is 19.8 Å². The molecule has 2 saturated heterocycles. The fraction of sp³-hybridized carbons (Fsp3) is 0.714. The molecule has 0 bridgehead atoms. The van der Waals surface area contributed by atoms with Crippen molar-refractivity contribution in [1.29, 1.82) is 0 Å². The summed E-state index contributed by atoms with van der Waals surface area (Å²) in [6.45, 7) is 7.27. The highest BCUT2D eigenvalue weighted by atomic mass is 16.5. The SMILES string of the molecule is c1cnc(N2CCCO[C@@H](CN3CCOCC3)C2)nc1. The van der Waals surface area contributed by atoms with Gasteiger partial charge < -0.3 is 14.4 Å². The van der Waals surface area contributed by atoms with Crippen LogP contribution in [0.2, 0.25) is 0 Å². The average Bonchev–Trinajstić information content (AvgIpc) is 2.75. The van der Waals surface area contributed by atoms with E-state index in [9.17, 15) is 0 Å². The zero-order valence-electron chi connectivity index (χ0n) is 11.8. The summed E-state index contributed by atoms with van der Waals surface area (Å²) >= 11 is 0. The second kappa shape index (κ2) is 6.97. The number of aromatic nitrogens is 2. The molecule has 2 aliphatic rings. The van der Waals surface area contributed by atoms with Crippen LogP contribution in [0.4, 0.5) is 5.95 Å². The average molecular weight is 278 g/mol. The first-order valence-electron chi connectivity index (χ1n) is 7.35. The second-order valence-corrected chi connectivity index (χ2v) is 5.25. The maximum Gasteiger partial charge on any atom is 0.225 e. The molecule has 110 valence electrons. The highest BCUT2D eigenvalue weighted by Crippen LogP contribution is 2.13. The molecule has 3 rings (SSSR count). The van der Waals surface area contributed by atoms with E-state index in [4.69, 9.17) is 9.47 Å². The minimum Gasteiger partial charge on any atom is -0.379 e. The van der Waals surface area contributed by atoms with Crippen molar-refractivity contribution in [3.8, 4) is 0 Å². The molecule has 0 saturated carbocycles. The van der Waals surface area contributed by atoms with Crippen LogP contribution in [0.3, 0.4) is 0 Å². The van der Waals surface area contributed by atoms with Crippen LogP contribution in [-0.2, 0) is 9.47 Å². The van der Waals surface area contributed by atoms with Crippen molar-refractivity contribution in [2.45, 2.75) is 12.5 Å². The van der Waals surface area contributed by atoms with Crippen molar-refractivity contribution >= 4 is 5.95 Å². The Labute approximate surface area is 119 Å². The number of morpholine rings is 1. The van der Waals surface area contributed by atoms with Gasteiger partial charge in [0, 0.05) is 51.7 Å². The van der Waals surface area contributed by atoms with Crippen LogP contribution < -0.4 is 4.90 Å². The third kappa shape index (κ3) is 3.65. The Morgan fingerprint density at radius 3 is 2.70 bits per heavy atom. The molecule has 0 aromatic carbocycles. The predicted molar refractivity (Wildman–Crippen MR) is 75.9 cm³/mol. The minimum absolute atomic E-state index is 0.222. The molecule has 0 radical (unpaired) electrons. The van der Waals surface area contributed by atoms with Crippen molar-refractivity contribution in [1.82, 2.24) is 14.9 Å². The Kier molecular flexibility index (Phi) is 4.78. The topological polar surface area (TPSA) is 50.7 Å². The summed E-state index contributed by atoms with van der Waals surface area (Å²) in [5, 5.41) is 0. The third-order valence-corrected chi connectivity index (χ3v) is 3.75. The molecule has 6 nitrogen and oxygen atoms in total. The van der Waals surface area contributed by atoms with E-state index < -0.39 is 0 Å². The normalized spacial score (nSPS) is 25.4. The summed E-state index contributed by atoms with van der Waals surface area (Å²) in [5.74, 6) is 0.810. The summed E-state index contributed by atoms with van der Waals surface area (Å²) in [6, 6.07) is 1.85. The molecular formula is C14H22N4O2. The number of nitrogens with zero attached hydrogens (tertiary/aromatic N) is 4. The molecule has 1 aromatic rings. The van der Waals surface area contributed by atoms with E-state index in [-0.39, 0.29) is 6.10 Å². The lowest BCUT2D eigenvalue weighted by atomic mass is 10.3. The van der Waals surface area contributed by atoms with Crippen LogP contribution in [0, 0.1) is 0 Å². The second-order valence-electron chi connectivity index (χ2n) is 5.25. The summed E-state index contributed by atoms with van der Waals surface area (Å²) < 4.78 is 11.4. The van der Waals surface area contributed by atoms with Gasteiger partial charge in [-0.15, -0.1) is 0 Å². The van der Waals surface area contributed by atoms with E-state index >= 15 is 0 Å². The largest absolute Gasteiger partial charge is 0.379 e. The van der Waals surface area contributed by atoms with Gasteiger partial charge in [-0.05, 0) is 12.5 Å². The van der Waals surface area contributed by atoms with Crippen LogP contribution in [0.5, 0.6) is 0 Å². The molecule has 20 heavy (non-hydrogen) atoms. The van der Waals surface area contributed by atoms with Gasteiger partial charge in [-0.25, -0.2) is 9.97 Å². The zero-order valence-corrected chi connectivity index (χ0v) is 11.8. The summed E-state index contributed by atoms with van der Waals surface area (Å²) in [7, 11) is 0. The predicted octanol–water partition coefficient (Wildman–Crippen LogP) is 0.404. The Morgan fingerprint density at radius 1 is 1.10 bits per heavy atom.